The molecule has 0 amide bonds. The molecule has 1 nitrogen and oxygen atoms in total. The summed E-state index contributed by atoms with van der Waals surface area (Å²) in [6.07, 6.45) is 2.88. The lowest BCUT2D eigenvalue weighted by atomic mass is 10.0. The molecule has 2 heteroatoms. The highest BCUT2D eigenvalue weighted by atomic mass is 19.1. The third-order valence-electron chi connectivity index (χ3n) is 2.51. The highest BCUT2D eigenvalue weighted by Gasteiger charge is 2.24. The second-order valence-corrected chi connectivity index (χ2v) is 3.75. The van der Waals surface area contributed by atoms with Gasteiger partial charge >= 0.3 is 0 Å². The zero-order chi connectivity index (χ0) is 9.26. The predicted octanol–water partition coefficient (Wildman–Crippen LogP) is 2.66. The fourth-order valence-corrected chi connectivity index (χ4v) is 1.49. The molecule has 70 valence electrons. The van der Waals surface area contributed by atoms with Gasteiger partial charge in [0.15, 0.2) is 0 Å². The third-order valence-corrected chi connectivity index (χ3v) is 2.51. The van der Waals surface area contributed by atoms with Gasteiger partial charge in [0.05, 0.1) is 6.10 Å². The lowest BCUT2D eigenvalue weighted by Crippen LogP contribution is -1.98. The van der Waals surface area contributed by atoms with E-state index in [9.17, 15) is 9.50 Å². The smallest absolute Gasteiger partial charge is 0.123 e. The second-order valence-electron chi connectivity index (χ2n) is 3.75. The van der Waals surface area contributed by atoms with E-state index in [0.717, 1.165) is 12.0 Å². The summed E-state index contributed by atoms with van der Waals surface area (Å²) in [4.78, 5) is 0. The minimum atomic E-state index is -0.409. The Hall–Kier alpha value is -0.890. The third kappa shape index (κ3) is 2.28. The van der Waals surface area contributed by atoms with E-state index in [1.54, 1.807) is 12.1 Å². The van der Waals surface area contributed by atoms with Crippen LogP contribution in [-0.2, 0) is 0 Å². The van der Waals surface area contributed by atoms with E-state index in [1.807, 2.05) is 0 Å². The van der Waals surface area contributed by atoms with Gasteiger partial charge in [0.25, 0.3) is 0 Å². The van der Waals surface area contributed by atoms with E-state index in [-0.39, 0.29) is 5.82 Å². The molecule has 1 aromatic carbocycles. The first-order valence-electron chi connectivity index (χ1n) is 4.69. The van der Waals surface area contributed by atoms with E-state index in [1.165, 1.54) is 25.0 Å². The molecule has 1 aliphatic rings. The Morgan fingerprint density at radius 3 is 2.46 bits per heavy atom. The Morgan fingerprint density at radius 2 is 1.92 bits per heavy atom. The number of aliphatic hydroxyl groups excluding tert-OH is 1. The summed E-state index contributed by atoms with van der Waals surface area (Å²) < 4.78 is 12.5. The summed E-state index contributed by atoms with van der Waals surface area (Å²) in [5, 5.41) is 9.70. The molecule has 1 fully saturated rings. The molecule has 0 aromatic heterocycles. The van der Waals surface area contributed by atoms with Gasteiger partial charge in [-0.25, -0.2) is 4.39 Å². The second kappa shape index (κ2) is 3.46. The molecular formula is C11H13FO. The van der Waals surface area contributed by atoms with Crippen LogP contribution in [0.15, 0.2) is 24.3 Å². The lowest BCUT2D eigenvalue weighted by Gasteiger charge is -2.09. The topological polar surface area (TPSA) is 20.2 Å². The van der Waals surface area contributed by atoms with Gasteiger partial charge in [-0.1, -0.05) is 25.0 Å². The molecule has 1 unspecified atom stereocenters. The molecule has 1 aliphatic carbocycles. The van der Waals surface area contributed by atoms with Gasteiger partial charge in [0, 0.05) is 0 Å². The van der Waals surface area contributed by atoms with Crippen LogP contribution in [0.25, 0.3) is 0 Å². The maximum atomic E-state index is 12.5. The highest BCUT2D eigenvalue weighted by molar-refractivity contribution is 5.18. The number of benzene rings is 1. The average Bonchev–Trinajstić information content (AvgIpc) is 2.89. The molecule has 0 spiro atoms. The van der Waals surface area contributed by atoms with E-state index in [2.05, 4.69) is 0 Å². The number of hydrogen-bond donors (Lipinski definition) is 1. The monoisotopic (exact) mass is 180 g/mol. The predicted molar refractivity (Wildman–Crippen MR) is 48.7 cm³/mol. The van der Waals surface area contributed by atoms with Gasteiger partial charge in [0.1, 0.15) is 5.82 Å². The van der Waals surface area contributed by atoms with Crippen molar-refractivity contribution in [1.82, 2.24) is 0 Å². The van der Waals surface area contributed by atoms with Crippen molar-refractivity contribution in [2.45, 2.75) is 25.4 Å². The standard InChI is InChI=1S/C11H13FO/c12-10-5-3-9(4-6-10)11(13)7-8-1-2-8/h3-6,8,11,13H,1-2,7H2. The number of aliphatic hydroxyl groups is 1. The molecule has 1 atom stereocenters. The maximum absolute atomic E-state index is 12.5. The van der Waals surface area contributed by atoms with E-state index >= 15 is 0 Å². The average molecular weight is 180 g/mol. The first-order chi connectivity index (χ1) is 6.25. The Balaban J connectivity index is 2.01. The van der Waals surface area contributed by atoms with Crippen LogP contribution in [-0.4, -0.2) is 5.11 Å². The van der Waals surface area contributed by atoms with Gasteiger partial charge < -0.3 is 5.11 Å². The Kier molecular flexibility index (Phi) is 2.32. The molecule has 2 rings (SSSR count). The van der Waals surface area contributed by atoms with Crippen LogP contribution in [0.1, 0.15) is 30.9 Å². The lowest BCUT2D eigenvalue weighted by molar-refractivity contribution is 0.160. The van der Waals surface area contributed by atoms with E-state index < -0.39 is 6.10 Å². The minimum Gasteiger partial charge on any atom is -0.388 e. The zero-order valence-corrected chi connectivity index (χ0v) is 7.41. The first kappa shape index (κ1) is 8.70. The van der Waals surface area contributed by atoms with Crippen LogP contribution in [0.2, 0.25) is 0 Å². The number of halogens is 1. The summed E-state index contributed by atoms with van der Waals surface area (Å²) in [7, 11) is 0. The van der Waals surface area contributed by atoms with Crippen molar-refractivity contribution < 1.29 is 9.50 Å². The van der Waals surface area contributed by atoms with Gasteiger partial charge in [-0.05, 0) is 30.0 Å². The molecule has 1 saturated carbocycles. The van der Waals surface area contributed by atoms with Crippen LogP contribution >= 0.6 is 0 Å². The molecular weight excluding hydrogens is 167 g/mol. The molecule has 0 radical (unpaired) electrons. The van der Waals surface area contributed by atoms with Gasteiger partial charge in [-0.15, -0.1) is 0 Å². The summed E-state index contributed by atoms with van der Waals surface area (Å²) in [6, 6.07) is 6.10. The van der Waals surface area contributed by atoms with E-state index in [4.69, 9.17) is 0 Å². The Labute approximate surface area is 77.2 Å². The zero-order valence-electron chi connectivity index (χ0n) is 7.41. The normalized spacial score (nSPS) is 18.6. The van der Waals surface area contributed by atoms with Crippen LogP contribution in [0.4, 0.5) is 4.39 Å². The van der Waals surface area contributed by atoms with Gasteiger partial charge in [-0.2, -0.15) is 0 Å². The summed E-state index contributed by atoms with van der Waals surface area (Å²) in [5.74, 6) is 0.447. The fraction of sp³-hybridized carbons (Fsp3) is 0.455. The van der Waals surface area contributed by atoms with Gasteiger partial charge in [0.2, 0.25) is 0 Å². The van der Waals surface area contributed by atoms with Crippen molar-refractivity contribution in [2.24, 2.45) is 5.92 Å². The first-order valence-corrected chi connectivity index (χ1v) is 4.69. The van der Waals surface area contributed by atoms with Crippen molar-refractivity contribution in [2.75, 3.05) is 0 Å². The van der Waals surface area contributed by atoms with Crippen molar-refractivity contribution in [1.29, 1.82) is 0 Å². The van der Waals surface area contributed by atoms with Crippen LogP contribution < -0.4 is 0 Å². The Morgan fingerprint density at radius 1 is 1.31 bits per heavy atom. The van der Waals surface area contributed by atoms with Crippen molar-refractivity contribution in [3.8, 4) is 0 Å². The molecule has 1 N–H and O–H groups in total. The number of hydrogen-bond acceptors (Lipinski definition) is 1. The van der Waals surface area contributed by atoms with E-state index in [0.29, 0.717) is 5.92 Å². The SMILES string of the molecule is OC(CC1CC1)c1ccc(F)cc1. The quantitative estimate of drug-likeness (QED) is 0.758. The largest absolute Gasteiger partial charge is 0.388 e. The van der Waals surface area contributed by atoms with Crippen molar-refractivity contribution >= 4 is 0 Å². The molecule has 0 heterocycles. The highest BCUT2D eigenvalue weighted by Crippen LogP contribution is 2.37. The fourth-order valence-electron chi connectivity index (χ4n) is 1.49. The molecule has 1 aromatic rings. The summed E-state index contributed by atoms with van der Waals surface area (Å²) >= 11 is 0. The minimum absolute atomic E-state index is 0.248. The van der Waals surface area contributed by atoms with Crippen molar-refractivity contribution in [3.63, 3.8) is 0 Å². The summed E-state index contributed by atoms with van der Waals surface area (Å²) in [6.45, 7) is 0. The van der Waals surface area contributed by atoms with Gasteiger partial charge in [-0.3, -0.25) is 0 Å². The van der Waals surface area contributed by atoms with Crippen LogP contribution in [0.3, 0.4) is 0 Å². The molecule has 0 saturated heterocycles. The molecule has 0 aliphatic heterocycles. The maximum Gasteiger partial charge on any atom is 0.123 e. The summed E-state index contributed by atoms with van der Waals surface area (Å²) in [5.41, 5.74) is 0.827. The van der Waals surface area contributed by atoms with Crippen molar-refractivity contribution in [3.05, 3.63) is 35.6 Å². The van der Waals surface area contributed by atoms with Crippen LogP contribution in [0, 0.1) is 11.7 Å². The molecule has 0 bridgehead atoms. The molecule has 13 heavy (non-hydrogen) atoms. The van der Waals surface area contributed by atoms with Crippen LogP contribution in [0.5, 0.6) is 0 Å². The Bertz CT molecular complexity index is 277. The number of rotatable bonds is 3.